The number of hydrogen-bond acceptors (Lipinski definition) is 4. The predicted octanol–water partition coefficient (Wildman–Crippen LogP) is 4.54. The molecule has 38 heavy (non-hydrogen) atoms. The minimum atomic E-state index is -0.210. The molecule has 0 aromatic heterocycles. The quantitative estimate of drug-likeness (QED) is 0.589. The van der Waals surface area contributed by atoms with E-state index in [1.807, 2.05) is 34.1 Å². The fourth-order valence-corrected chi connectivity index (χ4v) is 5.83. The summed E-state index contributed by atoms with van der Waals surface area (Å²) in [5, 5.41) is 5.97. The van der Waals surface area contributed by atoms with Crippen LogP contribution in [0.4, 0.5) is 11.4 Å². The summed E-state index contributed by atoms with van der Waals surface area (Å²) in [7, 11) is 0. The van der Waals surface area contributed by atoms with Crippen molar-refractivity contribution in [2.45, 2.75) is 51.4 Å². The monoisotopic (exact) mass is 516 g/mol. The number of nitrogens with zero attached hydrogens (tertiary/aromatic N) is 2. The molecule has 2 heterocycles. The number of benzene rings is 2. The Hall–Kier alpha value is -3.68. The zero-order valence-corrected chi connectivity index (χ0v) is 21.8. The van der Waals surface area contributed by atoms with Gasteiger partial charge >= 0.3 is 0 Å². The van der Waals surface area contributed by atoms with E-state index >= 15 is 0 Å². The Morgan fingerprint density at radius 3 is 1.26 bits per heavy atom. The molecule has 0 radical (unpaired) electrons. The standard InChI is InChI=1S/C30H36N4O4/c35-27(31-25-11-3-1-9-23(25)29(37)33-17-5-6-18-33)21-13-15-22(16-14-21)28(36)32-26-12-4-2-10-24(26)30(38)34-19-7-8-20-34/h1-4,9-12,21-22H,5-8,13-20H2,(H,31,35)(H,32,36). The van der Waals surface area contributed by atoms with Crippen molar-refractivity contribution in [1.29, 1.82) is 0 Å². The Labute approximate surface area is 223 Å². The largest absolute Gasteiger partial charge is 0.339 e. The molecule has 0 bridgehead atoms. The summed E-state index contributed by atoms with van der Waals surface area (Å²) in [6, 6.07) is 14.4. The molecule has 0 atom stereocenters. The molecule has 5 rings (SSSR count). The van der Waals surface area contributed by atoms with E-state index in [-0.39, 0.29) is 35.5 Å². The third-order valence-electron chi connectivity index (χ3n) is 8.09. The summed E-state index contributed by atoms with van der Waals surface area (Å²) >= 11 is 0. The van der Waals surface area contributed by atoms with Crippen LogP contribution in [0.1, 0.15) is 72.1 Å². The summed E-state index contributed by atoms with van der Waals surface area (Å²) in [5.74, 6) is -0.709. The van der Waals surface area contributed by atoms with Crippen molar-refractivity contribution in [3.05, 3.63) is 59.7 Å². The average Bonchev–Trinajstić information content (AvgIpc) is 3.68. The molecule has 0 unspecified atom stereocenters. The first-order chi connectivity index (χ1) is 18.5. The van der Waals surface area contributed by atoms with Crippen LogP contribution in [0.2, 0.25) is 0 Å². The first-order valence-corrected chi connectivity index (χ1v) is 13.9. The molecule has 2 aromatic rings. The van der Waals surface area contributed by atoms with Gasteiger partial charge in [-0.05, 0) is 75.6 Å². The van der Waals surface area contributed by atoms with Gasteiger partial charge in [-0.15, -0.1) is 0 Å². The summed E-state index contributed by atoms with van der Waals surface area (Å²) in [5.41, 5.74) is 2.15. The highest BCUT2D eigenvalue weighted by molar-refractivity contribution is 6.05. The fourth-order valence-electron chi connectivity index (χ4n) is 5.83. The summed E-state index contributed by atoms with van der Waals surface area (Å²) in [6.07, 6.45) is 6.44. The van der Waals surface area contributed by atoms with E-state index in [4.69, 9.17) is 0 Å². The minimum Gasteiger partial charge on any atom is -0.339 e. The Balaban J connectivity index is 1.16. The van der Waals surface area contributed by atoms with E-state index in [1.54, 1.807) is 24.3 Å². The van der Waals surface area contributed by atoms with Gasteiger partial charge in [0.2, 0.25) is 11.8 Å². The van der Waals surface area contributed by atoms with Crippen molar-refractivity contribution in [2.24, 2.45) is 11.8 Å². The second-order valence-electron chi connectivity index (χ2n) is 10.6. The predicted molar refractivity (Wildman–Crippen MR) is 146 cm³/mol. The molecule has 4 amide bonds. The number of para-hydroxylation sites is 2. The molecule has 200 valence electrons. The maximum atomic E-state index is 13.1. The topological polar surface area (TPSA) is 98.8 Å². The summed E-state index contributed by atoms with van der Waals surface area (Å²) in [4.78, 5) is 55.8. The normalized spacial score (nSPS) is 21.3. The second-order valence-corrected chi connectivity index (χ2v) is 10.6. The smallest absolute Gasteiger partial charge is 0.255 e. The molecule has 1 aliphatic carbocycles. The highest BCUT2D eigenvalue weighted by Crippen LogP contribution is 2.32. The Morgan fingerprint density at radius 2 is 0.895 bits per heavy atom. The lowest BCUT2D eigenvalue weighted by molar-refractivity contribution is -0.125. The van der Waals surface area contributed by atoms with E-state index in [2.05, 4.69) is 10.6 Å². The number of rotatable bonds is 6. The molecule has 2 N–H and O–H groups in total. The molecule has 8 nitrogen and oxygen atoms in total. The lowest BCUT2D eigenvalue weighted by Crippen LogP contribution is -2.33. The molecular weight excluding hydrogens is 480 g/mol. The minimum absolute atomic E-state index is 0.0396. The SMILES string of the molecule is O=C(Nc1ccccc1C(=O)N1CCCC1)C1CCC(C(=O)Nc2ccccc2C(=O)N2CCCC2)CC1. The van der Waals surface area contributed by atoms with Gasteiger partial charge < -0.3 is 20.4 Å². The average molecular weight is 517 g/mol. The van der Waals surface area contributed by atoms with Gasteiger partial charge in [0.25, 0.3) is 11.8 Å². The Kier molecular flexibility index (Phi) is 8.05. The Morgan fingerprint density at radius 1 is 0.553 bits per heavy atom. The molecule has 3 aliphatic rings. The van der Waals surface area contributed by atoms with Crippen LogP contribution in [0.5, 0.6) is 0 Å². The first-order valence-electron chi connectivity index (χ1n) is 13.9. The van der Waals surface area contributed by atoms with E-state index < -0.39 is 0 Å². The number of amides is 4. The van der Waals surface area contributed by atoms with Gasteiger partial charge in [-0.25, -0.2) is 0 Å². The number of carbonyl (C=O) groups excluding carboxylic acids is 4. The van der Waals surface area contributed by atoms with E-state index in [9.17, 15) is 19.2 Å². The van der Waals surface area contributed by atoms with Gasteiger partial charge in [0.1, 0.15) is 0 Å². The summed E-state index contributed by atoms with van der Waals surface area (Å²) in [6.45, 7) is 3.02. The van der Waals surface area contributed by atoms with Crippen LogP contribution in [-0.2, 0) is 9.59 Å². The molecular formula is C30H36N4O4. The number of carbonyl (C=O) groups is 4. The number of hydrogen-bond donors (Lipinski definition) is 2. The van der Waals surface area contributed by atoms with Gasteiger partial charge in [-0.2, -0.15) is 0 Å². The van der Waals surface area contributed by atoms with Crippen molar-refractivity contribution < 1.29 is 19.2 Å². The summed E-state index contributed by atoms with van der Waals surface area (Å²) < 4.78 is 0. The molecule has 2 aromatic carbocycles. The molecule has 1 saturated carbocycles. The van der Waals surface area contributed by atoms with Crippen LogP contribution < -0.4 is 10.6 Å². The van der Waals surface area contributed by atoms with Crippen molar-refractivity contribution in [3.8, 4) is 0 Å². The van der Waals surface area contributed by atoms with E-state index in [0.29, 0.717) is 48.2 Å². The third-order valence-corrected chi connectivity index (χ3v) is 8.09. The third kappa shape index (κ3) is 5.74. The van der Waals surface area contributed by atoms with Gasteiger partial charge in [-0.1, -0.05) is 24.3 Å². The number of likely N-dealkylation sites (tertiary alicyclic amines) is 2. The van der Waals surface area contributed by atoms with Crippen molar-refractivity contribution >= 4 is 35.0 Å². The maximum absolute atomic E-state index is 13.1. The van der Waals surface area contributed by atoms with Gasteiger partial charge in [-0.3, -0.25) is 19.2 Å². The number of anilines is 2. The van der Waals surface area contributed by atoms with E-state index in [1.165, 1.54) is 0 Å². The highest BCUT2D eigenvalue weighted by Gasteiger charge is 2.32. The van der Waals surface area contributed by atoms with Gasteiger partial charge in [0, 0.05) is 38.0 Å². The molecule has 2 saturated heterocycles. The molecule has 8 heteroatoms. The zero-order valence-electron chi connectivity index (χ0n) is 21.8. The van der Waals surface area contributed by atoms with E-state index in [0.717, 1.165) is 51.9 Å². The fraction of sp³-hybridized carbons (Fsp3) is 0.467. The van der Waals surface area contributed by atoms with Crippen LogP contribution in [0.3, 0.4) is 0 Å². The van der Waals surface area contributed by atoms with Crippen LogP contribution in [-0.4, -0.2) is 59.6 Å². The van der Waals surface area contributed by atoms with Crippen molar-refractivity contribution in [2.75, 3.05) is 36.8 Å². The molecule has 0 spiro atoms. The van der Waals surface area contributed by atoms with Crippen molar-refractivity contribution in [3.63, 3.8) is 0 Å². The Bertz CT molecular complexity index is 1100. The van der Waals surface area contributed by atoms with Crippen LogP contribution in [0, 0.1) is 11.8 Å². The highest BCUT2D eigenvalue weighted by atomic mass is 16.2. The van der Waals surface area contributed by atoms with Gasteiger partial charge in [0.05, 0.1) is 22.5 Å². The molecule has 2 aliphatic heterocycles. The van der Waals surface area contributed by atoms with Crippen LogP contribution in [0.25, 0.3) is 0 Å². The lowest BCUT2D eigenvalue weighted by Gasteiger charge is -2.28. The van der Waals surface area contributed by atoms with Crippen molar-refractivity contribution in [1.82, 2.24) is 9.80 Å². The number of nitrogens with one attached hydrogen (secondary N) is 2. The molecule has 3 fully saturated rings. The zero-order chi connectivity index (χ0) is 26.5. The maximum Gasteiger partial charge on any atom is 0.255 e. The van der Waals surface area contributed by atoms with Gasteiger partial charge in [0.15, 0.2) is 0 Å². The second kappa shape index (κ2) is 11.8. The lowest BCUT2D eigenvalue weighted by atomic mass is 9.81. The van der Waals surface area contributed by atoms with Crippen LogP contribution in [0.15, 0.2) is 48.5 Å². The first kappa shape index (κ1) is 25.9. The van der Waals surface area contributed by atoms with Crippen LogP contribution >= 0.6 is 0 Å².